The molecular formula is C16H16FNO2. The molecule has 0 spiro atoms. The van der Waals surface area contributed by atoms with Crippen molar-refractivity contribution in [3.63, 3.8) is 0 Å². The summed E-state index contributed by atoms with van der Waals surface area (Å²) in [7, 11) is 0. The number of aryl methyl sites for hydroxylation is 1. The summed E-state index contributed by atoms with van der Waals surface area (Å²) in [6.07, 6.45) is 0. The van der Waals surface area contributed by atoms with Crippen LogP contribution in [0, 0.1) is 12.7 Å². The van der Waals surface area contributed by atoms with Crippen molar-refractivity contribution >= 4 is 5.91 Å². The maximum atomic E-state index is 12.9. The lowest BCUT2D eigenvalue weighted by molar-refractivity contribution is 0.0947. The summed E-state index contributed by atoms with van der Waals surface area (Å²) in [5, 5.41) is 2.75. The first-order chi connectivity index (χ1) is 9.65. The number of rotatable bonds is 5. The molecule has 0 aliphatic heterocycles. The predicted octanol–water partition coefficient (Wildman–Crippen LogP) is 2.94. The Labute approximate surface area is 117 Å². The highest BCUT2D eigenvalue weighted by atomic mass is 19.1. The van der Waals surface area contributed by atoms with E-state index in [0.717, 1.165) is 5.56 Å². The zero-order valence-corrected chi connectivity index (χ0v) is 11.2. The number of ether oxygens (including phenoxy) is 1. The molecule has 0 aromatic heterocycles. The minimum absolute atomic E-state index is 0.146. The second-order valence-electron chi connectivity index (χ2n) is 4.43. The van der Waals surface area contributed by atoms with Crippen LogP contribution in [-0.2, 0) is 0 Å². The van der Waals surface area contributed by atoms with Gasteiger partial charge in [0, 0.05) is 11.6 Å². The Morgan fingerprint density at radius 3 is 2.65 bits per heavy atom. The molecule has 0 saturated heterocycles. The maximum Gasteiger partial charge on any atom is 0.251 e. The molecule has 0 bridgehead atoms. The van der Waals surface area contributed by atoms with Gasteiger partial charge in [-0.1, -0.05) is 23.8 Å². The van der Waals surface area contributed by atoms with Crippen LogP contribution >= 0.6 is 0 Å². The summed E-state index contributed by atoms with van der Waals surface area (Å²) >= 11 is 0. The highest BCUT2D eigenvalue weighted by Crippen LogP contribution is 2.11. The van der Waals surface area contributed by atoms with Gasteiger partial charge in [0.25, 0.3) is 5.91 Å². The minimum Gasteiger partial charge on any atom is -0.492 e. The van der Waals surface area contributed by atoms with Gasteiger partial charge in [0.2, 0.25) is 0 Å². The molecule has 2 aromatic carbocycles. The van der Waals surface area contributed by atoms with Gasteiger partial charge in [-0.3, -0.25) is 4.79 Å². The Morgan fingerprint density at radius 2 is 1.95 bits per heavy atom. The lowest BCUT2D eigenvalue weighted by Gasteiger charge is -2.08. The van der Waals surface area contributed by atoms with Crippen LogP contribution in [0.1, 0.15) is 15.9 Å². The molecular weight excluding hydrogens is 257 g/mol. The van der Waals surface area contributed by atoms with Gasteiger partial charge >= 0.3 is 0 Å². The molecule has 0 radical (unpaired) electrons. The molecule has 4 heteroatoms. The van der Waals surface area contributed by atoms with Crippen molar-refractivity contribution < 1.29 is 13.9 Å². The monoisotopic (exact) mass is 273 g/mol. The fourth-order valence-corrected chi connectivity index (χ4v) is 1.70. The van der Waals surface area contributed by atoms with Crippen LogP contribution in [-0.4, -0.2) is 19.1 Å². The standard InChI is InChI=1S/C16H16FNO2/c1-12-5-7-13(8-6-12)16(19)18-9-10-20-15-4-2-3-14(17)11-15/h2-8,11H,9-10H2,1H3,(H,18,19). The van der Waals surface area contributed by atoms with E-state index in [4.69, 9.17) is 4.74 Å². The zero-order valence-electron chi connectivity index (χ0n) is 11.2. The molecule has 20 heavy (non-hydrogen) atoms. The van der Waals surface area contributed by atoms with Crippen LogP contribution in [0.25, 0.3) is 0 Å². The average Bonchev–Trinajstić information content (AvgIpc) is 2.44. The second-order valence-corrected chi connectivity index (χ2v) is 4.43. The van der Waals surface area contributed by atoms with E-state index in [1.165, 1.54) is 12.1 Å². The summed E-state index contributed by atoms with van der Waals surface area (Å²) in [5.41, 5.74) is 1.72. The van der Waals surface area contributed by atoms with Gasteiger partial charge in [-0.25, -0.2) is 4.39 Å². The van der Waals surface area contributed by atoms with Gasteiger partial charge in [0.15, 0.2) is 0 Å². The lowest BCUT2D eigenvalue weighted by Crippen LogP contribution is -2.28. The van der Waals surface area contributed by atoms with Crippen LogP contribution in [0.5, 0.6) is 5.75 Å². The van der Waals surface area contributed by atoms with Crippen molar-refractivity contribution in [1.82, 2.24) is 5.32 Å². The molecule has 2 rings (SSSR count). The van der Waals surface area contributed by atoms with Gasteiger partial charge in [0.05, 0.1) is 6.54 Å². The first-order valence-corrected chi connectivity index (χ1v) is 6.38. The normalized spacial score (nSPS) is 10.1. The van der Waals surface area contributed by atoms with Crippen molar-refractivity contribution in [2.45, 2.75) is 6.92 Å². The van der Waals surface area contributed by atoms with Gasteiger partial charge in [-0.15, -0.1) is 0 Å². The van der Waals surface area contributed by atoms with E-state index in [9.17, 15) is 9.18 Å². The van der Waals surface area contributed by atoms with Gasteiger partial charge in [-0.2, -0.15) is 0 Å². The molecule has 0 aliphatic rings. The summed E-state index contributed by atoms with van der Waals surface area (Å²) < 4.78 is 18.2. The van der Waals surface area contributed by atoms with Gasteiger partial charge in [0.1, 0.15) is 18.2 Å². The molecule has 0 atom stereocenters. The Hall–Kier alpha value is -2.36. The number of hydrogen-bond acceptors (Lipinski definition) is 2. The molecule has 3 nitrogen and oxygen atoms in total. The Kier molecular flexibility index (Phi) is 4.71. The van der Waals surface area contributed by atoms with Crippen molar-refractivity contribution in [2.24, 2.45) is 0 Å². The summed E-state index contributed by atoms with van der Waals surface area (Å²) in [4.78, 5) is 11.8. The number of hydrogen-bond donors (Lipinski definition) is 1. The molecule has 0 aliphatic carbocycles. The van der Waals surface area contributed by atoms with Crippen molar-refractivity contribution in [3.8, 4) is 5.75 Å². The fraction of sp³-hybridized carbons (Fsp3) is 0.188. The van der Waals surface area contributed by atoms with Crippen LogP contribution in [0.3, 0.4) is 0 Å². The summed E-state index contributed by atoms with van der Waals surface area (Å²) in [6.45, 7) is 2.62. The van der Waals surface area contributed by atoms with Crippen LogP contribution in [0.4, 0.5) is 4.39 Å². The average molecular weight is 273 g/mol. The zero-order chi connectivity index (χ0) is 14.4. The molecule has 104 valence electrons. The third kappa shape index (κ3) is 4.09. The van der Waals surface area contributed by atoms with Crippen molar-refractivity contribution in [2.75, 3.05) is 13.2 Å². The number of nitrogens with one attached hydrogen (secondary N) is 1. The molecule has 0 fully saturated rings. The Morgan fingerprint density at radius 1 is 1.20 bits per heavy atom. The van der Waals surface area contributed by atoms with Crippen LogP contribution < -0.4 is 10.1 Å². The first kappa shape index (κ1) is 14.1. The first-order valence-electron chi connectivity index (χ1n) is 6.38. The summed E-state index contributed by atoms with van der Waals surface area (Å²) in [6, 6.07) is 13.2. The fourth-order valence-electron chi connectivity index (χ4n) is 1.70. The summed E-state index contributed by atoms with van der Waals surface area (Å²) in [5.74, 6) is -0.0337. The van der Waals surface area contributed by atoms with Gasteiger partial charge < -0.3 is 10.1 Å². The lowest BCUT2D eigenvalue weighted by atomic mass is 10.1. The number of carbonyl (C=O) groups is 1. The molecule has 1 amide bonds. The molecule has 1 N–H and O–H groups in total. The molecule has 0 unspecified atom stereocenters. The van der Waals surface area contributed by atoms with Crippen molar-refractivity contribution in [1.29, 1.82) is 0 Å². The number of carbonyl (C=O) groups excluding carboxylic acids is 1. The van der Waals surface area contributed by atoms with Crippen LogP contribution in [0.2, 0.25) is 0 Å². The number of benzene rings is 2. The third-order valence-corrected chi connectivity index (χ3v) is 2.77. The van der Waals surface area contributed by atoms with E-state index in [-0.39, 0.29) is 11.7 Å². The smallest absolute Gasteiger partial charge is 0.251 e. The minimum atomic E-state index is -0.341. The highest BCUT2D eigenvalue weighted by molar-refractivity contribution is 5.94. The predicted molar refractivity (Wildman–Crippen MR) is 75.4 cm³/mol. The van der Waals surface area contributed by atoms with Crippen molar-refractivity contribution in [3.05, 3.63) is 65.5 Å². The van der Waals surface area contributed by atoms with Gasteiger partial charge in [-0.05, 0) is 31.2 Å². The van der Waals surface area contributed by atoms with E-state index < -0.39 is 0 Å². The Bertz CT molecular complexity index is 581. The third-order valence-electron chi connectivity index (χ3n) is 2.77. The second kappa shape index (κ2) is 6.70. The van der Waals surface area contributed by atoms with E-state index in [1.54, 1.807) is 24.3 Å². The van der Waals surface area contributed by atoms with E-state index in [1.807, 2.05) is 19.1 Å². The maximum absolute atomic E-state index is 12.9. The molecule has 2 aromatic rings. The SMILES string of the molecule is Cc1ccc(C(=O)NCCOc2cccc(F)c2)cc1. The largest absolute Gasteiger partial charge is 0.492 e. The highest BCUT2D eigenvalue weighted by Gasteiger charge is 2.04. The Balaban J connectivity index is 1.76. The van der Waals surface area contributed by atoms with E-state index in [0.29, 0.717) is 24.5 Å². The quantitative estimate of drug-likeness (QED) is 0.851. The van der Waals surface area contributed by atoms with E-state index >= 15 is 0 Å². The van der Waals surface area contributed by atoms with E-state index in [2.05, 4.69) is 5.32 Å². The number of amides is 1. The number of halogens is 1. The molecule has 0 heterocycles. The molecule has 0 saturated carbocycles. The topological polar surface area (TPSA) is 38.3 Å². The van der Waals surface area contributed by atoms with Crippen LogP contribution in [0.15, 0.2) is 48.5 Å².